The molecular weight excluding hydrogens is 192 g/mol. The fraction of sp³-hybridized carbons (Fsp3) is 0.200. The van der Waals surface area contributed by atoms with Crippen molar-refractivity contribution in [1.29, 1.82) is 0 Å². The highest BCUT2D eigenvalue weighted by molar-refractivity contribution is 5.73. The minimum Gasteiger partial charge on any atom is -0.489 e. The summed E-state index contributed by atoms with van der Waals surface area (Å²) in [4.78, 5) is 0. The van der Waals surface area contributed by atoms with Crippen molar-refractivity contribution in [2.24, 2.45) is 0 Å². The van der Waals surface area contributed by atoms with Crippen molar-refractivity contribution in [3.8, 4) is 17.1 Å². The van der Waals surface area contributed by atoms with Gasteiger partial charge < -0.3 is 15.0 Å². The summed E-state index contributed by atoms with van der Waals surface area (Å²) in [5, 5.41) is 7.97. The summed E-state index contributed by atoms with van der Waals surface area (Å²) in [6.45, 7) is 1.34. The molecule has 5 heteroatoms. The number of ether oxygens (including phenoxy) is 1. The first-order valence-electron chi connectivity index (χ1n) is 4.76. The van der Waals surface area contributed by atoms with Gasteiger partial charge in [-0.25, -0.2) is 0 Å². The molecule has 2 N–H and O–H groups in total. The van der Waals surface area contributed by atoms with Gasteiger partial charge in [-0.05, 0) is 12.1 Å². The smallest absolute Gasteiger partial charge is 0.167 e. The fourth-order valence-electron chi connectivity index (χ4n) is 1.77. The number of anilines is 1. The van der Waals surface area contributed by atoms with E-state index in [1.54, 1.807) is 6.33 Å². The van der Waals surface area contributed by atoms with Gasteiger partial charge in [0.1, 0.15) is 12.9 Å². The Balaban J connectivity index is 2.29. The highest BCUT2D eigenvalue weighted by Gasteiger charge is 2.18. The maximum absolute atomic E-state index is 5.85. The zero-order valence-corrected chi connectivity index (χ0v) is 8.05. The highest BCUT2D eigenvalue weighted by atomic mass is 16.5. The zero-order valence-electron chi connectivity index (χ0n) is 8.05. The number of nitrogens with two attached hydrogens (primary N) is 1. The van der Waals surface area contributed by atoms with Crippen LogP contribution in [0.1, 0.15) is 0 Å². The van der Waals surface area contributed by atoms with E-state index in [-0.39, 0.29) is 0 Å². The first-order valence-corrected chi connectivity index (χ1v) is 4.76. The molecule has 1 aliphatic rings. The van der Waals surface area contributed by atoms with Crippen LogP contribution in [0.15, 0.2) is 24.5 Å². The van der Waals surface area contributed by atoms with Crippen LogP contribution in [-0.2, 0) is 6.54 Å². The van der Waals surface area contributed by atoms with Crippen molar-refractivity contribution in [3.05, 3.63) is 24.5 Å². The Morgan fingerprint density at radius 2 is 2.33 bits per heavy atom. The second-order valence-corrected chi connectivity index (χ2v) is 3.42. The summed E-state index contributed by atoms with van der Waals surface area (Å²) in [6, 6.07) is 5.66. The summed E-state index contributed by atoms with van der Waals surface area (Å²) in [6.07, 6.45) is 1.71. The molecule has 5 nitrogen and oxygen atoms in total. The third kappa shape index (κ3) is 1.16. The van der Waals surface area contributed by atoms with Gasteiger partial charge in [-0.2, -0.15) is 0 Å². The van der Waals surface area contributed by atoms with Gasteiger partial charge in [-0.15, -0.1) is 10.2 Å². The van der Waals surface area contributed by atoms with Crippen molar-refractivity contribution >= 4 is 5.69 Å². The lowest BCUT2D eigenvalue weighted by Crippen LogP contribution is -2.04. The van der Waals surface area contributed by atoms with Crippen molar-refractivity contribution in [1.82, 2.24) is 14.8 Å². The molecule has 0 atom stereocenters. The molecule has 0 saturated carbocycles. The Morgan fingerprint density at radius 3 is 3.27 bits per heavy atom. The lowest BCUT2D eigenvalue weighted by atomic mass is 10.1. The molecule has 0 spiro atoms. The normalized spacial score (nSPS) is 13.6. The lowest BCUT2D eigenvalue weighted by Gasteiger charge is -2.07. The maximum atomic E-state index is 5.85. The van der Waals surface area contributed by atoms with Crippen LogP contribution in [0.25, 0.3) is 11.4 Å². The average Bonchev–Trinajstić information content (AvgIpc) is 2.62. The van der Waals surface area contributed by atoms with Crippen LogP contribution in [0.4, 0.5) is 5.69 Å². The number of fused-ring (bicyclic) bond motifs is 3. The molecule has 0 saturated heterocycles. The predicted octanol–water partition coefficient (Wildman–Crippen LogP) is 0.920. The van der Waals surface area contributed by atoms with Gasteiger partial charge in [0.05, 0.1) is 17.8 Å². The molecule has 15 heavy (non-hydrogen) atoms. The van der Waals surface area contributed by atoms with Crippen LogP contribution in [0.3, 0.4) is 0 Å². The van der Waals surface area contributed by atoms with Crippen molar-refractivity contribution in [2.75, 3.05) is 12.3 Å². The van der Waals surface area contributed by atoms with Crippen molar-refractivity contribution < 1.29 is 4.74 Å². The van der Waals surface area contributed by atoms with E-state index in [4.69, 9.17) is 10.5 Å². The van der Waals surface area contributed by atoms with Crippen LogP contribution in [0, 0.1) is 0 Å². The molecule has 1 aliphatic heterocycles. The number of rotatable bonds is 0. The molecule has 1 aromatic heterocycles. The van der Waals surface area contributed by atoms with Crippen LogP contribution >= 0.6 is 0 Å². The topological polar surface area (TPSA) is 66.0 Å². The predicted molar refractivity (Wildman–Crippen MR) is 55.4 cm³/mol. The monoisotopic (exact) mass is 202 g/mol. The van der Waals surface area contributed by atoms with Crippen molar-refractivity contribution in [2.45, 2.75) is 6.54 Å². The van der Waals surface area contributed by atoms with Gasteiger partial charge >= 0.3 is 0 Å². The molecule has 0 aliphatic carbocycles. The van der Waals surface area contributed by atoms with Gasteiger partial charge in [-0.3, -0.25) is 0 Å². The lowest BCUT2D eigenvalue weighted by molar-refractivity contribution is 0.308. The van der Waals surface area contributed by atoms with E-state index in [9.17, 15) is 0 Å². The summed E-state index contributed by atoms with van der Waals surface area (Å²) >= 11 is 0. The van der Waals surface area contributed by atoms with E-state index in [0.29, 0.717) is 18.0 Å². The minimum atomic E-state index is 0.590. The van der Waals surface area contributed by atoms with Gasteiger partial charge in [0, 0.05) is 0 Å². The number of para-hydroxylation sites is 1. The average molecular weight is 202 g/mol. The third-order valence-electron chi connectivity index (χ3n) is 2.48. The van der Waals surface area contributed by atoms with E-state index in [0.717, 1.165) is 17.9 Å². The number of nitrogen functional groups attached to an aromatic ring is 1. The molecule has 0 unspecified atom stereocenters. The van der Waals surface area contributed by atoms with E-state index in [1.807, 2.05) is 22.8 Å². The highest BCUT2D eigenvalue weighted by Crippen LogP contribution is 2.35. The van der Waals surface area contributed by atoms with E-state index >= 15 is 0 Å². The Morgan fingerprint density at radius 1 is 1.40 bits per heavy atom. The van der Waals surface area contributed by atoms with Crippen LogP contribution < -0.4 is 10.5 Å². The molecule has 0 radical (unpaired) electrons. The van der Waals surface area contributed by atoms with Crippen LogP contribution in [-0.4, -0.2) is 21.4 Å². The summed E-state index contributed by atoms with van der Waals surface area (Å²) < 4.78 is 7.57. The summed E-state index contributed by atoms with van der Waals surface area (Å²) in [5.41, 5.74) is 7.40. The second kappa shape index (κ2) is 2.98. The minimum absolute atomic E-state index is 0.590. The van der Waals surface area contributed by atoms with Crippen molar-refractivity contribution in [3.63, 3.8) is 0 Å². The number of hydrogen-bond donors (Lipinski definition) is 1. The molecule has 2 aromatic rings. The Labute approximate surface area is 86.5 Å². The molecule has 0 bridgehead atoms. The Kier molecular flexibility index (Phi) is 1.65. The molecule has 1 aromatic carbocycles. The van der Waals surface area contributed by atoms with Gasteiger partial charge in [0.15, 0.2) is 11.6 Å². The molecule has 0 amide bonds. The number of benzene rings is 1. The van der Waals surface area contributed by atoms with Gasteiger partial charge in [-0.1, -0.05) is 6.07 Å². The van der Waals surface area contributed by atoms with Crippen LogP contribution in [0.5, 0.6) is 5.75 Å². The van der Waals surface area contributed by atoms with Crippen LogP contribution in [0.2, 0.25) is 0 Å². The first-order chi connectivity index (χ1) is 7.36. The number of nitrogens with zero attached hydrogens (tertiary/aromatic N) is 3. The quantitative estimate of drug-likeness (QED) is 0.645. The summed E-state index contributed by atoms with van der Waals surface area (Å²) in [5.74, 6) is 1.53. The molecule has 0 fully saturated rings. The molecule has 3 rings (SSSR count). The molecular formula is C10H10N4O. The largest absolute Gasteiger partial charge is 0.489 e. The second-order valence-electron chi connectivity index (χ2n) is 3.42. The Hall–Kier alpha value is -2.04. The first kappa shape index (κ1) is 8.28. The van der Waals surface area contributed by atoms with E-state index < -0.39 is 0 Å². The Bertz CT molecular complexity index is 506. The van der Waals surface area contributed by atoms with E-state index in [1.165, 1.54) is 0 Å². The van der Waals surface area contributed by atoms with Gasteiger partial charge in [0.25, 0.3) is 0 Å². The number of hydrogen-bond acceptors (Lipinski definition) is 4. The standard InChI is InChI=1S/C10H10N4O/c11-8-3-1-2-7-9(8)15-5-4-14-6-12-13-10(7)14/h1-3,6H,4-5,11H2. The zero-order chi connectivity index (χ0) is 10.3. The molecule has 76 valence electrons. The van der Waals surface area contributed by atoms with Gasteiger partial charge in [0.2, 0.25) is 0 Å². The summed E-state index contributed by atoms with van der Waals surface area (Å²) in [7, 11) is 0. The third-order valence-corrected chi connectivity index (χ3v) is 2.48. The molecule has 2 heterocycles. The maximum Gasteiger partial charge on any atom is 0.167 e. The number of aromatic nitrogens is 3. The van der Waals surface area contributed by atoms with E-state index in [2.05, 4.69) is 10.2 Å². The SMILES string of the molecule is Nc1cccc2c1OCCn1cnnc1-2. The fourth-order valence-corrected chi connectivity index (χ4v) is 1.77.